The number of aliphatic hydroxyl groups excluding tert-OH is 1. The topological polar surface area (TPSA) is 66.8 Å². The average Bonchev–Trinajstić information content (AvgIpc) is 2.69. The SMILES string of the molecule is COC(=O)C[C@@H](O)C(=O)N1CCCC1. The van der Waals surface area contributed by atoms with Crippen molar-refractivity contribution in [2.75, 3.05) is 20.2 Å². The van der Waals surface area contributed by atoms with Crippen LogP contribution >= 0.6 is 0 Å². The zero-order chi connectivity index (χ0) is 10.6. The van der Waals surface area contributed by atoms with Gasteiger partial charge in [-0.3, -0.25) is 9.59 Å². The summed E-state index contributed by atoms with van der Waals surface area (Å²) in [5.41, 5.74) is 0. The highest BCUT2D eigenvalue weighted by Crippen LogP contribution is 2.10. The first kappa shape index (κ1) is 11.0. The van der Waals surface area contributed by atoms with Gasteiger partial charge in [-0.15, -0.1) is 0 Å². The summed E-state index contributed by atoms with van der Waals surface area (Å²) >= 11 is 0. The minimum Gasteiger partial charge on any atom is -0.469 e. The second-order valence-corrected chi connectivity index (χ2v) is 3.33. The molecule has 0 bridgehead atoms. The van der Waals surface area contributed by atoms with Gasteiger partial charge < -0.3 is 14.7 Å². The summed E-state index contributed by atoms with van der Waals surface area (Å²) in [7, 11) is 1.23. The first-order valence-electron chi connectivity index (χ1n) is 4.69. The Morgan fingerprint density at radius 2 is 2.00 bits per heavy atom. The monoisotopic (exact) mass is 201 g/mol. The van der Waals surface area contributed by atoms with Gasteiger partial charge in [0.15, 0.2) is 0 Å². The van der Waals surface area contributed by atoms with Crippen LogP contribution in [-0.4, -0.2) is 48.2 Å². The zero-order valence-corrected chi connectivity index (χ0v) is 8.23. The van der Waals surface area contributed by atoms with Crippen LogP contribution in [0.4, 0.5) is 0 Å². The van der Waals surface area contributed by atoms with Crippen molar-refractivity contribution >= 4 is 11.9 Å². The Balaban J connectivity index is 2.39. The van der Waals surface area contributed by atoms with Crippen molar-refractivity contribution in [3.05, 3.63) is 0 Å². The van der Waals surface area contributed by atoms with Gasteiger partial charge >= 0.3 is 5.97 Å². The minimum atomic E-state index is -1.25. The maximum absolute atomic E-state index is 11.5. The highest BCUT2D eigenvalue weighted by molar-refractivity contribution is 5.85. The van der Waals surface area contributed by atoms with Gasteiger partial charge in [0.05, 0.1) is 13.5 Å². The third kappa shape index (κ3) is 2.70. The Morgan fingerprint density at radius 1 is 1.43 bits per heavy atom. The molecule has 0 aromatic heterocycles. The van der Waals surface area contributed by atoms with E-state index in [1.165, 1.54) is 7.11 Å². The first-order chi connectivity index (χ1) is 6.65. The van der Waals surface area contributed by atoms with E-state index in [0.717, 1.165) is 12.8 Å². The van der Waals surface area contributed by atoms with Gasteiger partial charge in [0.2, 0.25) is 0 Å². The minimum absolute atomic E-state index is 0.258. The van der Waals surface area contributed by atoms with E-state index in [1.54, 1.807) is 4.90 Å². The van der Waals surface area contributed by atoms with Crippen LogP contribution in [0.3, 0.4) is 0 Å². The van der Waals surface area contributed by atoms with Crippen molar-refractivity contribution < 1.29 is 19.4 Å². The van der Waals surface area contributed by atoms with Crippen LogP contribution in [0.15, 0.2) is 0 Å². The van der Waals surface area contributed by atoms with Crippen molar-refractivity contribution in [1.29, 1.82) is 0 Å². The molecule has 0 aromatic carbocycles. The molecule has 1 saturated heterocycles. The summed E-state index contributed by atoms with van der Waals surface area (Å²) in [6, 6.07) is 0. The molecule has 1 aliphatic rings. The molecule has 1 atom stereocenters. The predicted molar refractivity (Wildman–Crippen MR) is 48.5 cm³/mol. The lowest BCUT2D eigenvalue weighted by molar-refractivity contribution is -0.150. The van der Waals surface area contributed by atoms with Crippen LogP contribution in [0.5, 0.6) is 0 Å². The van der Waals surface area contributed by atoms with E-state index < -0.39 is 12.1 Å². The third-order valence-electron chi connectivity index (χ3n) is 2.29. The van der Waals surface area contributed by atoms with Crippen LogP contribution in [0, 0.1) is 0 Å². The van der Waals surface area contributed by atoms with Crippen molar-refractivity contribution in [2.45, 2.75) is 25.4 Å². The van der Waals surface area contributed by atoms with Gasteiger partial charge in [0.1, 0.15) is 6.10 Å². The molecule has 1 fully saturated rings. The molecule has 1 N–H and O–H groups in total. The number of carbonyl (C=O) groups is 2. The third-order valence-corrected chi connectivity index (χ3v) is 2.29. The molecule has 1 aliphatic heterocycles. The molecular formula is C9H15NO4. The van der Waals surface area contributed by atoms with Crippen molar-refractivity contribution in [2.24, 2.45) is 0 Å². The number of nitrogens with zero attached hydrogens (tertiary/aromatic N) is 1. The van der Waals surface area contributed by atoms with E-state index in [4.69, 9.17) is 0 Å². The number of methoxy groups -OCH3 is 1. The fourth-order valence-electron chi connectivity index (χ4n) is 1.48. The summed E-state index contributed by atoms with van der Waals surface area (Å²) < 4.78 is 4.36. The van der Waals surface area contributed by atoms with Crippen molar-refractivity contribution in [3.8, 4) is 0 Å². The fourth-order valence-corrected chi connectivity index (χ4v) is 1.48. The number of hydrogen-bond acceptors (Lipinski definition) is 4. The van der Waals surface area contributed by atoms with Gasteiger partial charge in [-0.05, 0) is 12.8 Å². The smallest absolute Gasteiger partial charge is 0.308 e. The molecule has 1 heterocycles. The molecule has 5 nitrogen and oxygen atoms in total. The molecule has 0 unspecified atom stereocenters. The Bertz CT molecular complexity index is 223. The van der Waals surface area contributed by atoms with Gasteiger partial charge in [0, 0.05) is 13.1 Å². The van der Waals surface area contributed by atoms with Crippen LogP contribution in [0.1, 0.15) is 19.3 Å². The average molecular weight is 201 g/mol. The van der Waals surface area contributed by atoms with E-state index in [2.05, 4.69) is 4.74 Å². The summed E-state index contributed by atoms with van der Waals surface area (Å²) in [5.74, 6) is -0.932. The summed E-state index contributed by atoms with van der Waals surface area (Å²) in [6.45, 7) is 1.36. The summed E-state index contributed by atoms with van der Waals surface area (Å²) in [6.07, 6.45) is 0.430. The number of amides is 1. The maximum atomic E-state index is 11.5. The van der Waals surface area contributed by atoms with Crippen LogP contribution < -0.4 is 0 Å². The summed E-state index contributed by atoms with van der Waals surface area (Å²) in [4.78, 5) is 23.8. The van der Waals surface area contributed by atoms with Crippen LogP contribution in [-0.2, 0) is 14.3 Å². The molecule has 14 heavy (non-hydrogen) atoms. The Kier molecular flexibility index (Phi) is 3.88. The van der Waals surface area contributed by atoms with E-state index >= 15 is 0 Å². The molecule has 80 valence electrons. The fraction of sp³-hybridized carbons (Fsp3) is 0.778. The van der Waals surface area contributed by atoms with E-state index in [1.807, 2.05) is 0 Å². The lowest BCUT2D eigenvalue weighted by atomic mass is 10.2. The number of esters is 1. The zero-order valence-electron chi connectivity index (χ0n) is 8.23. The number of carbonyl (C=O) groups excluding carboxylic acids is 2. The Labute approximate surface area is 82.6 Å². The Hall–Kier alpha value is -1.10. The molecule has 0 aromatic rings. The van der Waals surface area contributed by atoms with Crippen molar-refractivity contribution in [1.82, 2.24) is 4.90 Å². The number of ether oxygens (including phenoxy) is 1. The predicted octanol–water partition coefficient (Wildman–Crippen LogP) is -0.467. The second-order valence-electron chi connectivity index (χ2n) is 3.33. The lowest BCUT2D eigenvalue weighted by Crippen LogP contribution is -2.38. The van der Waals surface area contributed by atoms with Crippen LogP contribution in [0.2, 0.25) is 0 Å². The van der Waals surface area contributed by atoms with E-state index in [0.29, 0.717) is 13.1 Å². The number of aliphatic hydroxyl groups is 1. The van der Waals surface area contributed by atoms with Gasteiger partial charge in [-0.25, -0.2) is 0 Å². The molecule has 0 saturated carbocycles. The van der Waals surface area contributed by atoms with E-state index in [-0.39, 0.29) is 12.3 Å². The highest BCUT2D eigenvalue weighted by Gasteiger charge is 2.26. The largest absolute Gasteiger partial charge is 0.469 e. The van der Waals surface area contributed by atoms with Gasteiger partial charge in [-0.2, -0.15) is 0 Å². The Morgan fingerprint density at radius 3 is 2.50 bits per heavy atom. The number of hydrogen-bond donors (Lipinski definition) is 1. The van der Waals surface area contributed by atoms with Crippen molar-refractivity contribution in [3.63, 3.8) is 0 Å². The number of likely N-dealkylation sites (tertiary alicyclic amines) is 1. The number of rotatable bonds is 3. The molecule has 0 spiro atoms. The molecule has 0 radical (unpaired) electrons. The molecule has 0 aliphatic carbocycles. The molecular weight excluding hydrogens is 186 g/mol. The molecule has 5 heteroatoms. The lowest BCUT2D eigenvalue weighted by Gasteiger charge is -2.18. The summed E-state index contributed by atoms with van der Waals surface area (Å²) in [5, 5.41) is 9.39. The van der Waals surface area contributed by atoms with Crippen LogP contribution in [0.25, 0.3) is 0 Å². The van der Waals surface area contributed by atoms with E-state index in [9.17, 15) is 14.7 Å². The van der Waals surface area contributed by atoms with Gasteiger partial charge in [-0.1, -0.05) is 0 Å². The standard InChI is InChI=1S/C9H15NO4/c1-14-8(12)6-7(11)9(13)10-4-2-3-5-10/h7,11H,2-6H2,1H3/t7-/m1/s1. The van der Waals surface area contributed by atoms with Gasteiger partial charge in [0.25, 0.3) is 5.91 Å². The first-order valence-corrected chi connectivity index (χ1v) is 4.69. The second kappa shape index (κ2) is 4.95. The quantitative estimate of drug-likeness (QED) is 0.627. The highest BCUT2D eigenvalue weighted by atomic mass is 16.5. The normalized spacial score (nSPS) is 18.0. The molecule has 1 amide bonds. The maximum Gasteiger partial charge on any atom is 0.308 e. The molecule has 1 rings (SSSR count).